The van der Waals surface area contributed by atoms with Crippen molar-refractivity contribution in [2.24, 2.45) is 5.10 Å². The van der Waals surface area contributed by atoms with Crippen LogP contribution >= 0.6 is 0 Å². The first-order valence-corrected chi connectivity index (χ1v) is 6.25. The van der Waals surface area contributed by atoms with Crippen molar-refractivity contribution in [2.45, 2.75) is 12.5 Å². The van der Waals surface area contributed by atoms with E-state index >= 15 is 0 Å². The molecule has 0 bridgehead atoms. The van der Waals surface area contributed by atoms with Crippen molar-refractivity contribution in [3.05, 3.63) is 66.2 Å². The number of hydrogen-bond donors (Lipinski definition) is 0. The van der Waals surface area contributed by atoms with Gasteiger partial charge in [0, 0.05) is 6.42 Å². The van der Waals surface area contributed by atoms with Crippen LogP contribution in [-0.2, 0) is 0 Å². The molecule has 19 heavy (non-hydrogen) atoms. The molecule has 3 rings (SSSR count). The van der Waals surface area contributed by atoms with Crippen molar-refractivity contribution in [1.82, 2.24) is 0 Å². The fourth-order valence-corrected chi connectivity index (χ4v) is 2.24. The maximum atomic E-state index is 9.30. The van der Waals surface area contributed by atoms with Crippen LogP contribution in [0.25, 0.3) is 0 Å². The quantitative estimate of drug-likeness (QED) is 0.817. The van der Waals surface area contributed by atoms with Crippen molar-refractivity contribution in [3.8, 4) is 6.07 Å². The van der Waals surface area contributed by atoms with Gasteiger partial charge in [0.2, 0.25) is 0 Å². The molecule has 0 N–H and O–H groups in total. The summed E-state index contributed by atoms with van der Waals surface area (Å²) < 4.78 is 0. The number of hydrogen-bond acceptors (Lipinski definition) is 3. The summed E-state index contributed by atoms with van der Waals surface area (Å²) in [6.45, 7) is 0. The Hall–Kier alpha value is -2.60. The normalized spacial score (nSPS) is 17.9. The highest BCUT2D eigenvalue weighted by Gasteiger charge is 2.27. The van der Waals surface area contributed by atoms with Gasteiger partial charge in [0.1, 0.15) is 6.04 Å². The van der Waals surface area contributed by atoms with E-state index in [1.807, 2.05) is 65.7 Å². The molecule has 0 radical (unpaired) electrons. The van der Waals surface area contributed by atoms with E-state index in [1.165, 1.54) is 0 Å². The second kappa shape index (κ2) is 4.95. The third-order valence-corrected chi connectivity index (χ3v) is 3.19. The van der Waals surface area contributed by atoms with E-state index in [1.54, 1.807) is 0 Å². The molecule has 92 valence electrons. The summed E-state index contributed by atoms with van der Waals surface area (Å²) >= 11 is 0. The molecule has 2 aromatic carbocycles. The standard InChI is InChI=1S/C16H13N3/c17-12-15-11-16(13-7-3-1-4-8-13)18-19(15)14-9-5-2-6-10-14/h1-10,15H,11H2. The van der Waals surface area contributed by atoms with Crippen molar-refractivity contribution in [2.75, 3.05) is 5.01 Å². The fourth-order valence-electron chi connectivity index (χ4n) is 2.24. The molecule has 1 aliphatic heterocycles. The van der Waals surface area contributed by atoms with Gasteiger partial charge in [-0.2, -0.15) is 10.4 Å². The van der Waals surface area contributed by atoms with Gasteiger partial charge in [0.05, 0.1) is 17.5 Å². The summed E-state index contributed by atoms with van der Waals surface area (Å²) in [5, 5.41) is 15.7. The number of nitriles is 1. The first-order chi connectivity index (χ1) is 9.38. The van der Waals surface area contributed by atoms with Gasteiger partial charge in [-0.3, -0.25) is 0 Å². The number of anilines is 1. The lowest BCUT2D eigenvalue weighted by atomic mass is 10.0. The Bertz CT molecular complexity index is 626. The molecule has 0 saturated carbocycles. The van der Waals surface area contributed by atoms with Crippen LogP contribution in [0.5, 0.6) is 0 Å². The van der Waals surface area contributed by atoms with Crippen LogP contribution in [0.2, 0.25) is 0 Å². The van der Waals surface area contributed by atoms with Gasteiger partial charge in [-0.05, 0) is 17.7 Å². The predicted octanol–water partition coefficient (Wildman–Crippen LogP) is 3.19. The van der Waals surface area contributed by atoms with E-state index < -0.39 is 0 Å². The van der Waals surface area contributed by atoms with Gasteiger partial charge in [0.25, 0.3) is 0 Å². The SMILES string of the molecule is N#CC1CC(c2ccccc2)=NN1c1ccccc1. The van der Waals surface area contributed by atoms with Crippen molar-refractivity contribution < 1.29 is 0 Å². The molecular weight excluding hydrogens is 234 g/mol. The first kappa shape index (κ1) is 11.5. The molecule has 3 nitrogen and oxygen atoms in total. The Morgan fingerprint density at radius 3 is 2.26 bits per heavy atom. The van der Waals surface area contributed by atoms with Crippen LogP contribution in [0.1, 0.15) is 12.0 Å². The highest BCUT2D eigenvalue weighted by atomic mass is 15.5. The smallest absolute Gasteiger partial charge is 0.144 e. The van der Waals surface area contributed by atoms with E-state index in [4.69, 9.17) is 0 Å². The first-order valence-electron chi connectivity index (χ1n) is 6.25. The van der Waals surface area contributed by atoms with Gasteiger partial charge < -0.3 is 0 Å². The second-order valence-electron chi connectivity index (χ2n) is 4.44. The summed E-state index contributed by atoms with van der Waals surface area (Å²) in [5.74, 6) is 0. The average Bonchev–Trinajstić information content (AvgIpc) is 2.93. The number of rotatable bonds is 2. The highest BCUT2D eigenvalue weighted by Crippen LogP contribution is 2.26. The van der Waals surface area contributed by atoms with Crippen molar-refractivity contribution in [1.29, 1.82) is 5.26 Å². The highest BCUT2D eigenvalue weighted by molar-refractivity contribution is 6.03. The molecule has 0 aliphatic carbocycles. The number of nitrogens with zero attached hydrogens (tertiary/aromatic N) is 3. The van der Waals surface area contributed by atoms with Crippen molar-refractivity contribution in [3.63, 3.8) is 0 Å². The van der Waals surface area contributed by atoms with E-state index in [2.05, 4.69) is 11.2 Å². The summed E-state index contributed by atoms with van der Waals surface area (Å²) in [6, 6.07) is 21.9. The second-order valence-corrected chi connectivity index (χ2v) is 4.44. The zero-order valence-corrected chi connectivity index (χ0v) is 10.4. The van der Waals surface area contributed by atoms with E-state index in [-0.39, 0.29) is 6.04 Å². The Labute approximate surface area is 112 Å². The molecule has 1 unspecified atom stereocenters. The van der Waals surface area contributed by atoms with Gasteiger partial charge in [-0.1, -0.05) is 48.5 Å². The molecule has 0 fully saturated rings. The third-order valence-electron chi connectivity index (χ3n) is 3.19. The van der Waals surface area contributed by atoms with Crippen LogP contribution in [-0.4, -0.2) is 11.8 Å². The summed E-state index contributed by atoms with van der Waals surface area (Å²) in [5.41, 5.74) is 3.01. The lowest BCUT2D eigenvalue weighted by molar-refractivity contribution is 0.800. The Kier molecular flexibility index (Phi) is 2.99. The van der Waals surface area contributed by atoms with Gasteiger partial charge in [0.15, 0.2) is 0 Å². The monoisotopic (exact) mass is 247 g/mol. The van der Waals surface area contributed by atoms with Crippen LogP contribution in [0, 0.1) is 11.3 Å². The minimum absolute atomic E-state index is 0.224. The summed E-state index contributed by atoms with van der Waals surface area (Å²) in [7, 11) is 0. The maximum Gasteiger partial charge on any atom is 0.144 e. The van der Waals surface area contributed by atoms with E-state index in [0.29, 0.717) is 6.42 Å². The minimum Gasteiger partial charge on any atom is -0.248 e. The Morgan fingerprint density at radius 2 is 1.63 bits per heavy atom. The third kappa shape index (κ3) is 2.21. The van der Waals surface area contributed by atoms with Crippen molar-refractivity contribution >= 4 is 11.4 Å². The Balaban J connectivity index is 1.96. The largest absolute Gasteiger partial charge is 0.248 e. The molecule has 2 aromatic rings. The molecule has 3 heteroatoms. The molecule has 1 heterocycles. The van der Waals surface area contributed by atoms with E-state index in [0.717, 1.165) is 17.0 Å². The zero-order valence-electron chi connectivity index (χ0n) is 10.4. The van der Waals surface area contributed by atoms with Crippen LogP contribution in [0.15, 0.2) is 65.8 Å². The Morgan fingerprint density at radius 1 is 1.00 bits per heavy atom. The number of benzene rings is 2. The predicted molar refractivity (Wildman–Crippen MR) is 75.9 cm³/mol. The topological polar surface area (TPSA) is 39.4 Å². The van der Waals surface area contributed by atoms with Gasteiger partial charge in [-0.15, -0.1) is 0 Å². The lowest BCUT2D eigenvalue weighted by Crippen LogP contribution is -2.24. The summed E-state index contributed by atoms with van der Waals surface area (Å²) in [6.07, 6.45) is 0.662. The summed E-state index contributed by atoms with van der Waals surface area (Å²) in [4.78, 5) is 0. The van der Waals surface area contributed by atoms with Gasteiger partial charge in [-0.25, -0.2) is 5.01 Å². The van der Waals surface area contributed by atoms with E-state index in [9.17, 15) is 5.26 Å². The minimum atomic E-state index is -0.224. The molecule has 0 spiro atoms. The van der Waals surface area contributed by atoms with Crippen LogP contribution in [0.4, 0.5) is 5.69 Å². The number of hydrazone groups is 1. The lowest BCUT2D eigenvalue weighted by Gasteiger charge is -2.17. The molecule has 1 aliphatic rings. The number of para-hydroxylation sites is 1. The molecule has 1 atom stereocenters. The molecule has 0 amide bonds. The fraction of sp³-hybridized carbons (Fsp3) is 0.125. The average molecular weight is 247 g/mol. The van der Waals surface area contributed by atoms with Gasteiger partial charge >= 0.3 is 0 Å². The molecule has 0 aromatic heterocycles. The molecular formula is C16H13N3. The van der Waals surface area contributed by atoms with Crippen LogP contribution in [0.3, 0.4) is 0 Å². The van der Waals surface area contributed by atoms with Crippen LogP contribution < -0.4 is 5.01 Å². The zero-order chi connectivity index (χ0) is 13.1. The molecule has 0 saturated heterocycles. The maximum absolute atomic E-state index is 9.30.